The second-order valence-corrected chi connectivity index (χ2v) is 4.50. The van der Waals surface area contributed by atoms with Crippen molar-refractivity contribution in [2.45, 2.75) is 6.61 Å². The van der Waals surface area contributed by atoms with E-state index in [1.807, 2.05) is 0 Å². The van der Waals surface area contributed by atoms with Crippen LogP contribution in [0.25, 0.3) is 0 Å². The molecule has 0 radical (unpaired) electrons. The Hall–Kier alpha value is -1.41. The van der Waals surface area contributed by atoms with Crippen LogP contribution in [0.4, 0.5) is 0 Å². The van der Waals surface area contributed by atoms with E-state index >= 15 is 0 Å². The van der Waals surface area contributed by atoms with Crippen molar-refractivity contribution in [3.05, 3.63) is 11.8 Å². The Morgan fingerprint density at radius 1 is 1.25 bits per heavy atom. The maximum absolute atomic E-state index is 10.8. The van der Waals surface area contributed by atoms with Crippen LogP contribution in [-0.2, 0) is 20.9 Å². The summed E-state index contributed by atoms with van der Waals surface area (Å²) >= 11 is 0. The van der Waals surface area contributed by atoms with Crippen LogP contribution in [0.5, 0.6) is 11.9 Å². The molecular formula is C8H12N2O5S. The fraction of sp³-hybridized carbons (Fsp3) is 0.500. The van der Waals surface area contributed by atoms with Crippen molar-refractivity contribution in [3.63, 3.8) is 0 Å². The summed E-state index contributed by atoms with van der Waals surface area (Å²) < 4.78 is 35.9. The molecule has 0 amide bonds. The van der Waals surface area contributed by atoms with Crippen molar-refractivity contribution in [3.8, 4) is 11.9 Å². The Morgan fingerprint density at radius 3 is 2.44 bits per heavy atom. The number of nitrogens with zero attached hydrogens (tertiary/aromatic N) is 2. The van der Waals surface area contributed by atoms with Crippen LogP contribution in [-0.4, -0.2) is 38.9 Å². The van der Waals surface area contributed by atoms with Gasteiger partial charge in [0.25, 0.3) is 10.1 Å². The lowest BCUT2D eigenvalue weighted by molar-refractivity contribution is 0.297. The Bertz CT molecular complexity index is 437. The number of ether oxygens (including phenoxy) is 2. The lowest BCUT2D eigenvalue weighted by Crippen LogP contribution is -2.06. The minimum atomic E-state index is -3.50. The highest BCUT2D eigenvalue weighted by molar-refractivity contribution is 7.85. The van der Waals surface area contributed by atoms with Gasteiger partial charge in [-0.15, -0.1) is 0 Å². The molecule has 0 aliphatic rings. The molecule has 0 aromatic carbocycles. The first-order chi connectivity index (χ1) is 7.44. The molecule has 0 bridgehead atoms. The molecule has 0 aliphatic heterocycles. The molecule has 16 heavy (non-hydrogen) atoms. The average molecular weight is 248 g/mol. The van der Waals surface area contributed by atoms with Gasteiger partial charge >= 0.3 is 6.01 Å². The van der Waals surface area contributed by atoms with Crippen molar-refractivity contribution >= 4 is 10.1 Å². The van der Waals surface area contributed by atoms with Gasteiger partial charge in [-0.1, -0.05) is 0 Å². The smallest absolute Gasteiger partial charge is 0.319 e. The first kappa shape index (κ1) is 12.7. The molecule has 1 heterocycles. The highest BCUT2D eigenvalue weighted by Gasteiger charge is 2.08. The highest BCUT2D eigenvalue weighted by Crippen LogP contribution is 2.14. The molecule has 0 unspecified atom stereocenters. The number of aromatic nitrogens is 2. The maximum atomic E-state index is 10.8. The Labute approximate surface area is 93.5 Å². The summed E-state index contributed by atoms with van der Waals surface area (Å²) in [4.78, 5) is 7.75. The molecule has 1 aromatic heterocycles. The molecule has 0 N–H and O–H groups in total. The minimum absolute atomic E-state index is 0.0893. The lowest BCUT2D eigenvalue weighted by Gasteiger charge is -2.05. The SMILES string of the molecule is COc1cc(COS(C)(=O)=O)nc(OC)n1. The van der Waals surface area contributed by atoms with Gasteiger partial charge in [0.05, 0.1) is 26.2 Å². The summed E-state index contributed by atoms with van der Waals surface area (Å²) in [6.07, 6.45) is 0.961. The van der Waals surface area contributed by atoms with E-state index in [4.69, 9.17) is 9.47 Å². The van der Waals surface area contributed by atoms with E-state index in [0.717, 1.165) is 6.26 Å². The standard InChI is InChI=1S/C8H12N2O5S/c1-13-7-4-6(5-15-16(3,11)12)9-8(10-7)14-2/h4H,5H2,1-3H3. The molecule has 7 nitrogen and oxygen atoms in total. The molecule has 0 saturated heterocycles. The van der Waals surface area contributed by atoms with Gasteiger partial charge in [-0.25, -0.2) is 0 Å². The molecule has 0 spiro atoms. The van der Waals surface area contributed by atoms with Gasteiger partial charge in [0, 0.05) is 6.07 Å². The van der Waals surface area contributed by atoms with Gasteiger partial charge in [0.15, 0.2) is 0 Å². The van der Waals surface area contributed by atoms with Gasteiger partial charge in [-0.05, 0) is 0 Å². The van der Waals surface area contributed by atoms with Gasteiger partial charge in [-0.2, -0.15) is 18.4 Å². The molecule has 1 aromatic rings. The topological polar surface area (TPSA) is 87.6 Å². The fourth-order valence-corrected chi connectivity index (χ4v) is 1.22. The van der Waals surface area contributed by atoms with Crippen molar-refractivity contribution in [1.29, 1.82) is 0 Å². The second kappa shape index (κ2) is 5.08. The van der Waals surface area contributed by atoms with E-state index in [0.29, 0.717) is 5.69 Å². The average Bonchev–Trinajstić information content (AvgIpc) is 2.25. The van der Waals surface area contributed by atoms with Crippen molar-refractivity contribution in [1.82, 2.24) is 9.97 Å². The summed E-state index contributed by atoms with van der Waals surface area (Å²) in [5, 5.41) is 0. The number of rotatable bonds is 5. The third-order valence-corrected chi connectivity index (χ3v) is 2.09. The zero-order valence-corrected chi connectivity index (χ0v) is 9.94. The lowest BCUT2D eigenvalue weighted by atomic mass is 10.4. The zero-order chi connectivity index (χ0) is 12.2. The van der Waals surface area contributed by atoms with E-state index in [9.17, 15) is 8.42 Å². The van der Waals surface area contributed by atoms with E-state index < -0.39 is 10.1 Å². The fourth-order valence-electron chi connectivity index (χ4n) is 0.886. The van der Waals surface area contributed by atoms with Crippen molar-refractivity contribution in [2.24, 2.45) is 0 Å². The molecule has 0 atom stereocenters. The summed E-state index contributed by atoms with van der Waals surface area (Å²) in [6.45, 7) is -0.186. The first-order valence-electron chi connectivity index (χ1n) is 4.25. The van der Waals surface area contributed by atoms with Crippen LogP contribution < -0.4 is 9.47 Å². The predicted molar refractivity (Wildman–Crippen MR) is 54.8 cm³/mol. The molecule has 1 rings (SSSR count). The summed E-state index contributed by atoms with van der Waals surface area (Å²) in [6, 6.07) is 1.56. The van der Waals surface area contributed by atoms with E-state index in [1.54, 1.807) is 0 Å². The van der Waals surface area contributed by atoms with E-state index in [2.05, 4.69) is 14.2 Å². The normalized spacial score (nSPS) is 11.2. The Balaban J connectivity index is 2.87. The second-order valence-electron chi connectivity index (χ2n) is 2.85. The number of hydrogen-bond acceptors (Lipinski definition) is 7. The third-order valence-electron chi connectivity index (χ3n) is 1.55. The molecule has 0 fully saturated rings. The highest BCUT2D eigenvalue weighted by atomic mass is 32.2. The monoisotopic (exact) mass is 248 g/mol. The predicted octanol–water partition coefficient (Wildman–Crippen LogP) is -0.0300. The quantitative estimate of drug-likeness (QED) is 0.676. The van der Waals surface area contributed by atoms with Crippen LogP contribution in [0.15, 0.2) is 6.07 Å². The largest absolute Gasteiger partial charge is 0.481 e. The molecule has 90 valence electrons. The molecule has 0 aliphatic carbocycles. The maximum Gasteiger partial charge on any atom is 0.319 e. The molecule has 0 saturated carbocycles. The van der Waals surface area contributed by atoms with Crippen LogP contribution in [0, 0.1) is 0 Å². The van der Waals surface area contributed by atoms with Gasteiger partial charge in [0.2, 0.25) is 5.88 Å². The molecular weight excluding hydrogens is 236 g/mol. The third kappa shape index (κ3) is 3.99. The summed E-state index contributed by atoms with van der Waals surface area (Å²) in [7, 11) is -0.671. The van der Waals surface area contributed by atoms with Crippen LogP contribution in [0.3, 0.4) is 0 Å². The van der Waals surface area contributed by atoms with Crippen LogP contribution in [0.2, 0.25) is 0 Å². The number of methoxy groups -OCH3 is 2. The molecule has 8 heteroatoms. The Morgan fingerprint density at radius 2 is 1.94 bits per heavy atom. The number of hydrogen-bond donors (Lipinski definition) is 0. The van der Waals surface area contributed by atoms with Gasteiger partial charge in [0.1, 0.15) is 6.61 Å². The van der Waals surface area contributed by atoms with Crippen molar-refractivity contribution in [2.75, 3.05) is 20.5 Å². The Kier molecular flexibility index (Phi) is 4.02. The van der Waals surface area contributed by atoms with Gasteiger partial charge in [-0.3, -0.25) is 4.18 Å². The zero-order valence-electron chi connectivity index (χ0n) is 9.13. The summed E-state index contributed by atoms with van der Waals surface area (Å²) in [5.74, 6) is 0.277. The summed E-state index contributed by atoms with van der Waals surface area (Å²) in [5.41, 5.74) is 0.356. The van der Waals surface area contributed by atoms with Crippen molar-refractivity contribution < 1.29 is 22.1 Å². The van der Waals surface area contributed by atoms with Crippen LogP contribution in [0.1, 0.15) is 5.69 Å². The first-order valence-corrected chi connectivity index (χ1v) is 6.06. The van der Waals surface area contributed by atoms with Gasteiger partial charge < -0.3 is 9.47 Å². The van der Waals surface area contributed by atoms with Crippen LogP contribution >= 0.6 is 0 Å². The van der Waals surface area contributed by atoms with E-state index in [1.165, 1.54) is 20.3 Å². The minimum Gasteiger partial charge on any atom is -0.481 e. The van der Waals surface area contributed by atoms with E-state index in [-0.39, 0.29) is 18.5 Å².